The Kier molecular flexibility index (Phi) is 6.04. The van der Waals surface area contributed by atoms with Crippen molar-refractivity contribution in [2.75, 3.05) is 17.6 Å². The number of benzene rings is 3. The molecule has 3 aromatic rings. The van der Waals surface area contributed by atoms with Gasteiger partial charge in [-0.3, -0.25) is 19.3 Å². The Morgan fingerprint density at radius 2 is 1.38 bits per heavy atom. The SMILES string of the molecule is O=C(O)c1ccccc1C(=O)Nc1ccc(SCCN2C(=O)c3ccccc3C2=O)cc1. The van der Waals surface area contributed by atoms with Crippen LogP contribution in [0, 0.1) is 0 Å². The Hall–Kier alpha value is -3.91. The summed E-state index contributed by atoms with van der Waals surface area (Å²) >= 11 is 1.48. The highest BCUT2D eigenvalue weighted by Gasteiger charge is 2.34. The number of nitrogens with one attached hydrogen (secondary N) is 1. The van der Waals surface area contributed by atoms with Crippen LogP contribution >= 0.6 is 11.8 Å². The van der Waals surface area contributed by atoms with Crippen LogP contribution in [-0.2, 0) is 0 Å². The second kappa shape index (κ2) is 9.07. The second-order valence-electron chi connectivity index (χ2n) is 6.99. The summed E-state index contributed by atoms with van der Waals surface area (Å²) < 4.78 is 0. The lowest BCUT2D eigenvalue weighted by Gasteiger charge is -2.13. The van der Waals surface area contributed by atoms with E-state index in [9.17, 15) is 24.3 Å². The predicted molar refractivity (Wildman–Crippen MR) is 120 cm³/mol. The molecule has 2 N–H and O–H groups in total. The van der Waals surface area contributed by atoms with Crippen LogP contribution in [0.15, 0.2) is 77.7 Å². The van der Waals surface area contributed by atoms with E-state index in [1.54, 1.807) is 48.5 Å². The number of nitrogens with zero attached hydrogens (tertiary/aromatic N) is 1. The van der Waals surface area contributed by atoms with E-state index in [-0.39, 0.29) is 22.9 Å². The van der Waals surface area contributed by atoms with Gasteiger partial charge in [-0.1, -0.05) is 24.3 Å². The van der Waals surface area contributed by atoms with Gasteiger partial charge in [0.25, 0.3) is 17.7 Å². The molecule has 160 valence electrons. The normalized spacial score (nSPS) is 12.6. The lowest BCUT2D eigenvalue weighted by Crippen LogP contribution is -2.31. The first-order valence-electron chi connectivity index (χ1n) is 9.77. The minimum Gasteiger partial charge on any atom is -0.478 e. The van der Waals surface area contributed by atoms with E-state index in [4.69, 9.17) is 0 Å². The average Bonchev–Trinajstić information content (AvgIpc) is 3.05. The molecule has 0 radical (unpaired) electrons. The molecule has 0 atom stereocenters. The van der Waals surface area contributed by atoms with Crippen LogP contribution in [0.2, 0.25) is 0 Å². The first kappa shape index (κ1) is 21.3. The van der Waals surface area contributed by atoms with Crippen LogP contribution in [-0.4, -0.2) is 46.0 Å². The summed E-state index contributed by atoms with van der Waals surface area (Å²) in [5.74, 6) is -1.69. The molecule has 3 amide bonds. The Bertz CT molecular complexity index is 1190. The van der Waals surface area contributed by atoms with Gasteiger partial charge in [0.2, 0.25) is 0 Å². The summed E-state index contributed by atoms with van der Waals surface area (Å²) in [5, 5.41) is 11.9. The number of imide groups is 1. The molecule has 0 saturated heterocycles. The molecule has 0 bridgehead atoms. The van der Waals surface area contributed by atoms with Crippen molar-refractivity contribution in [2.45, 2.75) is 4.90 Å². The average molecular weight is 446 g/mol. The van der Waals surface area contributed by atoms with Crippen molar-refractivity contribution in [3.05, 3.63) is 95.1 Å². The predicted octanol–water partition coefficient (Wildman–Crippen LogP) is 4.03. The highest BCUT2D eigenvalue weighted by atomic mass is 32.2. The van der Waals surface area contributed by atoms with E-state index in [1.165, 1.54) is 28.8 Å². The van der Waals surface area contributed by atoms with Crippen molar-refractivity contribution in [3.63, 3.8) is 0 Å². The minimum absolute atomic E-state index is 0.0645. The number of thioether (sulfide) groups is 1. The summed E-state index contributed by atoms with van der Waals surface area (Å²) in [6.45, 7) is 0.293. The van der Waals surface area contributed by atoms with Gasteiger partial charge >= 0.3 is 5.97 Å². The molecule has 0 aliphatic carbocycles. The fraction of sp³-hybridized carbons (Fsp3) is 0.0833. The second-order valence-corrected chi connectivity index (χ2v) is 8.15. The number of hydrogen-bond acceptors (Lipinski definition) is 5. The van der Waals surface area contributed by atoms with Gasteiger partial charge in [-0.15, -0.1) is 11.8 Å². The Labute approximate surface area is 188 Å². The zero-order valence-corrected chi connectivity index (χ0v) is 17.6. The van der Waals surface area contributed by atoms with Gasteiger partial charge in [-0.05, 0) is 48.5 Å². The molecule has 32 heavy (non-hydrogen) atoms. The number of amides is 3. The van der Waals surface area contributed by atoms with Crippen molar-refractivity contribution in [1.29, 1.82) is 0 Å². The van der Waals surface area contributed by atoms with E-state index < -0.39 is 11.9 Å². The molecule has 1 aliphatic heterocycles. The van der Waals surface area contributed by atoms with Gasteiger partial charge < -0.3 is 10.4 Å². The highest BCUT2D eigenvalue weighted by Crippen LogP contribution is 2.25. The van der Waals surface area contributed by atoms with Crippen LogP contribution in [0.3, 0.4) is 0 Å². The molecule has 0 spiro atoms. The smallest absolute Gasteiger partial charge is 0.336 e. The molecule has 0 unspecified atom stereocenters. The van der Waals surface area contributed by atoms with E-state index >= 15 is 0 Å². The molecular formula is C24H18N2O5S. The third-order valence-electron chi connectivity index (χ3n) is 4.98. The van der Waals surface area contributed by atoms with Crippen LogP contribution in [0.25, 0.3) is 0 Å². The summed E-state index contributed by atoms with van der Waals surface area (Å²) in [7, 11) is 0. The number of carboxylic acids is 1. The van der Waals surface area contributed by atoms with Crippen LogP contribution < -0.4 is 5.32 Å². The molecule has 7 nitrogen and oxygen atoms in total. The van der Waals surface area contributed by atoms with E-state index in [1.807, 2.05) is 12.1 Å². The number of carbonyl (C=O) groups excluding carboxylic acids is 3. The number of carbonyl (C=O) groups is 4. The molecule has 3 aromatic carbocycles. The van der Waals surface area contributed by atoms with Gasteiger partial charge in [-0.2, -0.15) is 0 Å². The summed E-state index contributed by atoms with van der Waals surface area (Å²) in [5.41, 5.74) is 1.42. The Morgan fingerprint density at radius 3 is 1.97 bits per heavy atom. The zero-order chi connectivity index (χ0) is 22.7. The number of aromatic carboxylic acids is 1. The molecule has 0 fully saturated rings. The van der Waals surface area contributed by atoms with Gasteiger partial charge in [0.15, 0.2) is 0 Å². The Morgan fingerprint density at radius 1 is 0.812 bits per heavy atom. The first-order valence-corrected chi connectivity index (χ1v) is 10.8. The third-order valence-corrected chi connectivity index (χ3v) is 5.97. The van der Waals surface area contributed by atoms with Gasteiger partial charge in [0.1, 0.15) is 0 Å². The molecule has 1 heterocycles. The quantitative estimate of drug-likeness (QED) is 0.420. The third kappa shape index (κ3) is 4.26. The van der Waals surface area contributed by atoms with Crippen molar-refractivity contribution in [2.24, 2.45) is 0 Å². The minimum atomic E-state index is -1.17. The van der Waals surface area contributed by atoms with Crippen LogP contribution in [0.1, 0.15) is 41.4 Å². The zero-order valence-electron chi connectivity index (χ0n) is 16.8. The van der Waals surface area contributed by atoms with E-state index in [2.05, 4.69) is 5.32 Å². The molecule has 0 saturated carbocycles. The fourth-order valence-electron chi connectivity index (χ4n) is 3.40. The fourth-order valence-corrected chi connectivity index (χ4v) is 4.24. The molecular weight excluding hydrogens is 428 g/mol. The van der Waals surface area contributed by atoms with Crippen molar-refractivity contribution < 1.29 is 24.3 Å². The van der Waals surface area contributed by atoms with Crippen LogP contribution in [0.4, 0.5) is 5.69 Å². The number of carboxylic acid groups (broad SMARTS) is 1. The standard InChI is InChI=1S/C24H18N2O5S/c27-21(17-5-1-4-8-20(17)24(30)31)25-15-9-11-16(12-10-15)32-14-13-26-22(28)18-6-2-3-7-19(18)23(26)29/h1-12H,13-14H2,(H,25,27)(H,30,31). The molecule has 0 aromatic heterocycles. The van der Waals surface area contributed by atoms with Gasteiger partial charge in [0, 0.05) is 22.9 Å². The maximum atomic E-state index is 12.4. The summed E-state index contributed by atoms with van der Waals surface area (Å²) in [4.78, 5) is 50.7. The van der Waals surface area contributed by atoms with Crippen molar-refractivity contribution in [1.82, 2.24) is 4.90 Å². The molecule has 4 rings (SSSR count). The largest absolute Gasteiger partial charge is 0.478 e. The van der Waals surface area contributed by atoms with E-state index in [0.29, 0.717) is 29.1 Å². The Balaban J connectivity index is 1.33. The van der Waals surface area contributed by atoms with Crippen molar-refractivity contribution >= 4 is 41.1 Å². The number of fused-ring (bicyclic) bond motifs is 1. The maximum absolute atomic E-state index is 12.4. The van der Waals surface area contributed by atoms with Crippen LogP contribution in [0.5, 0.6) is 0 Å². The monoisotopic (exact) mass is 446 g/mol. The lowest BCUT2D eigenvalue weighted by atomic mass is 10.1. The maximum Gasteiger partial charge on any atom is 0.336 e. The van der Waals surface area contributed by atoms with E-state index in [0.717, 1.165) is 4.90 Å². The van der Waals surface area contributed by atoms with Gasteiger partial charge in [0.05, 0.1) is 22.3 Å². The topological polar surface area (TPSA) is 104 Å². The number of rotatable bonds is 7. The summed E-state index contributed by atoms with van der Waals surface area (Å²) in [6, 6.07) is 19.9. The highest BCUT2D eigenvalue weighted by molar-refractivity contribution is 7.99. The first-order chi connectivity index (χ1) is 15.5. The van der Waals surface area contributed by atoms with Crippen molar-refractivity contribution in [3.8, 4) is 0 Å². The summed E-state index contributed by atoms with van der Waals surface area (Å²) in [6.07, 6.45) is 0. The lowest BCUT2D eigenvalue weighted by molar-refractivity contribution is 0.0660. The molecule has 1 aliphatic rings. The number of anilines is 1. The van der Waals surface area contributed by atoms with Gasteiger partial charge in [-0.25, -0.2) is 4.79 Å². The number of hydrogen-bond donors (Lipinski definition) is 2. The molecule has 8 heteroatoms.